The summed E-state index contributed by atoms with van der Waals surface area (Å²) < 4.78 is 6.65. The summed E-state index contributed by atoms with van der Waals surface area (Å²) in [4.78, 5) is 3.92. The van der Waals surface area contributed by atoms with E-state index in [9.17, 15) is 0 Å². The SMILES string of the molecule is Clc1ccc(-c2nn[se]c2-n2cncn2)c(Cl)c1. The van der Waals surface area contributed by atoms with Crippen molar-refractivity contribution in [2.24, 2.45) is 0 Å². The molecule has 1 aromatic carbocycles. The van der Waals surface area contributed by atoms with Crippen LogP contribution in [-0.2, 0) is 0 Å². The van der Waals surface area contributed by atoms with Crippen LogP contribution in [0.1, 0.15) is 0 Å². The number of hydrogen-bond donors (Lipinski definition) is 0. The molecular formula is C10H5Cl2N5Se. The van der Waals surface area contributed by atoms with Crippen molar-refractivity contribution in [3.05, 3.63) is 40.9 Å². The average molecular weight is 345 g/mol. The minimum atomic E-state index is -0.119. The molecule has 0 fully saturated rings. The molecule has 0 unspecified atom stereocenters. The van der Waals surface area contributed by atoms with E-state index in [4.69, 9.17) is 23.2 Å². The summed E-state index contributed by atoms with van der Waals surface area (Å²) in [5, 5.41) is 9.38. The molecule has 3 rings (SSSR count). The van der Waals surface area contributed by atoms with Crippen LogP contribution in [0.25, 0.3) is 15.8 Å². The van der Waals surface area contributed by atoms with Gasteiger partial charge in [0.1, 0.15) is 0 Å². The Hall–Kier alpha value is -1.20. The van der Waals surface area contributed by atoms with Crippen LogP contribution in [0.15, 0.2) is 30.9 Å². The van der Waals surface area contributed by atoms with Crippen LogP contribution in [0.3, 0.4) is 0 Å². The molecule has 18 heavy (non-hydrogen) atoms. The summed E-state index contributed by atoms with van der Waals surface area (Å²) in [5.41, 5.74) is 1.52. The Labute approximate surface area is 118 Å². The van der Waals surface area contributed by atoms with Gasteiger partial charge in [0.25, 0.3) is 0 Å². The Balaban J connectivity index is 2.16. The fourth-order valence-corrected chi connectivity index (χ4v) is 3.29. The van der Waals surface area contributed by atoms with E-state index in [1.54, 1.807) is 23.1 Å². The van der Waals surface area contributed by atoms with Gasteiger partial charge in [0, 0.05) is 0 Å². The summed E-state index contributed by atoms with van der Waals surface area (Å²) in [7, 11) is 0. The zero-order valence-electron chi connectivity index (χ0n) is 8.79. The van der Waals surface area contributed by atoms with Crippen molar-refractivity contribution in [3.8, 4) is 15.8 Å². The Bertz CT molecular complexity index is 679. The quantitative estimate of drug-likeness (QED) is 0.668. The van der Waals surface area contributed by atoms with Crippen molar-refractivity contribution >= 4 is 37.9 Å². The molecule has 90 valence electrons. The zero-order chi connectivity index (χ0) is 12.5. The van der Waals surface area contributed by atoms with Gasteiger partial charge in [-0.2, -0.15) is 0 Å². The van der Waals surface area contributed by atoms with Gasteiger partial charge in [0.15, 0.2) is 0 Å². The first-order valence-electron chi connectivity index (χ1n) is 4.88. The van der Waals surface area contributed by atoms with Gasteiger partial charge in [-0.25, -0.2) is 0 Å². The predicted octanol–water partition coefficient (Wildman–Crippen LogP) is 2.09. The van der Waals surface area contributed by atoms with Gasteiger partial charge >= 0.3 is 119 Å². The molecule has 8 heteroatoms. The fourth-order valence-electron chi connectivity index (χ4n) is 1.50. The first kappa shape index (κ1) is 11.9. The van der Waals surface area contributed by atoms with Crippen molar-refractivity contribution in [2.75, 3.05) is 0 Å². The Morgan fingerprint density at radius 1 is 1.22 bits per heavy atom. The maximum atomic E-state index is 6.18. The molecule has 0 saturated carbocycles. The van der Waals surface area contributed by atoms with Crippen LogP contribution < -0.4 is 0 Å². The number of benzene rings is 1. The molecule has 0 N–H and O–H groups in total. The van der Waals surface area contributed by atoms with Gasteiger partial charge in [-0.15, -0.1) is 0 Å². The molecule has 0 amide bonds. The standard InChI is InChI=1S/C10H5Cl2N5Se/c11-6-1-2-7(8(12)3-6)9-10(18-16-15-9)17-5-13-4-14-17/h1-5H. The second-order valence-corrected chi connectivity index (χ2v) is 5.77. The van der Waals surface area contributed by atoms with Gasteiger partial charge in [-0.3, -0.25) is 0 Å². The van der Waals surface area contributed by atoms with E-state index in [2.05, 4.69) is 19.3 Å². The zero-order valence-corrected chi connectivity index (χ0v) is 12.0. The molecule has 0 radical (unpaired) electrons. The van der Waals surface area contributed by atoms with Crippen molar-refractivity contribution in [2.45, 2.75) is 0 Å². The average Bonchev–Trinajstić information content (AvgIpc) is 2.98. The van der Waals surface area contributed by atoms with Crippen LogP contribution in [0.5, 0.6) is 0 Å². The molecule has 0 bridgehead atoms. The van der Waals surface area contributed by atoms with Crippen LogP contribution in [-0.4, -0.2) is 38.7 Å². The molecule has 2 aromatic heterocycles. The summed E-state index contributed by atoms with van der Waals surface area (Å²) in [6, 6.07) is 5.29. The van der Waals surface area contributed by atoms with Crippen LogP contribution in [0, 0.1) is 0 Å². The number of hydrogen-bond acceptors (Lipinski definition) is 4. The summed E-state index contributed by atoms with van der Waals surface area (Å²) in [6.45, 7) is 0. The van der Waals surface area contributed by atoms with E-state index >= 15 is 0 Å². The van der Waals surface area contributed by atoms with E-state index in [0.717, 1.165) is 15.8 Å². The predicted molar refractivity (Wildman–Crippen MR) is 69.3 cm³/mol. The van der Waals surface area contributed by atoms with Gasteiger partial charge in [-0.05, 0) is 0 Å². The number of nitrogens with zero attached hydrogens (tertiary/aromatic N) is 5. The number of halogens is 2. The Morgan fingerprint density at radius 3 is 2.83 bits per heavy atom. The van der Waals surface area contributed by atoms with Crippen LogP contribution in [0.4, 0.5) is 0 Å². The number of aromatic nitrogens is 5. The van der Waals surface area contributed by atoms with Gasteiger partial charge in [0.05, 0.1) is 0 Å². The third kappa shape index (κ3) is 2.08. The van der Waals surface area contributed by atoms with E-state index in [1.807, 2.05) is 6.07 Å². The number of rotatable bonds is 2. The molecule has 0 atom stereocenters. The van der Waals surface area contributed by atoms with Crippen molar-refractivity contribution in [1.82, 2.24) is 24.0 Å². The molecule has 5 nitrogen and oxygen atoms in total. The normalized spacial score (nSPS) is 10.8. The summed E-state index contributed by atoms with van der Waals surface area (Å²) in [5.74, 6) is 0. The van der Waals surface area contributed by atoms with E-state index < -0.39 is 0 Å². The molecule has 3 aromatic rings. The van der Waals surface area contributed by atoms with Gasteiger partial charge in [0.2, 0.25) is 0 Å². The summed E-state index contributed by atoms with van der Waals surface area (Å²) >= 11 is 11.9. The fraction of sp³-hybridized carbons (Fsp3) is 0. The topological polar surface area (TPSA) is 56.5 Å². The third-order valence-electron chi connectivity index (χ3n) is 2.28. The Morgan fingerprint density at radius 2 is 2.11 bits per heavy atom. The molecule has 0 spiro atoms. The molecule has 0 aliphatic carbocycles. The van der Waals surface area contributed by atoms with Crippen molar-refractivity contribution in [3.63, 3.8) is 0 Å². The maximum absolute atomic E-state index is 6.18. The molecule has 0 aliphatic heterocycles. The van der Waals surface area contributed by atoms with Crippen LogP contribution in [0.2, 0.25) is 10.0 Å². The van der Waals surface area contributed by atoms with Crippen molar-refractivity contribution < 1.29 is 0 Å². The molecule has 0 saturated heterocycles. The Kier molecular flexibility index (Phi) is 3.18. The molecule has 0 aliphatic rings. The van der Waals surface area contributed by atoms with E-state index in [1.165, 1.54) is 6.33 Å². The van der Waals surface area contributed by atoms with Crippen LogP contribution >= 0.6 is 23.2 Å². The first-order chi connectivity index (χ1) is 8.75. The van der Waals surface area contributed by atoms with E-state index in [0.29, 0.717) is 10.0 Å². The van der Waals surface area contributed by atoms with Crippen molar-refractivity contribution in [1.29, 1.82) is 0 Å². The van der Waals surface area contributed by atoms with Gasteiger partial charge in [-0.1, -0.05) is 0 Å². The van der Waals surface area contributed by atoms with E-state index in [-0.39, 0.29) is 14.7 Å². The summed E-state index contributed by atoms with van der Waals surface area (Å²) in [6.07, 6.45) is 3.10. The molecule has 2 heterocycles. The van der Waals surface area contributed by atoms with Gasteiger partial charge < -0.3 is 0 Å². The monoisotopic (exact) mass is 345 g/mol. The second-order valence-electron chi connectivity index (χ2n) is 3.39. The minimum absolute atomic E-state index is 0.119. The first-order valence-corrected chi connectivity index (χ1v) is 7.26. The second kappa shape index (κ2) is 4.82. The molecular weight excluding hydrogens is 340 g/mol. The third-order valence-corrected chi connectivity index (χ3v) is 4.34.